The number of aromatic nitrogens is 1. The maximum absolute atomic E-state index is 13.2. The van der Waals surface area contributed by atoms with Crippen molar-refractivity contribution >= 4 is 11.6 Å². The van der Waals surface area contributed by atoms with Crippen LogP contribution in [0, 0.1) is 13.8 Å². The predicted octanol–water partition coefficient (Wildman–Crippen LogP) is 4.64. The Labute approximate surface area is 195 Å². The first-order valence-corrected chi connectivity index (χ1v) is 11.5. The van der Waals surface area contributed by atoms with E-state index in [1.165, 1.54) is 16.8 Å². The lowest BCUT2D eigenvalue weighted by Crippen LogP contribution is -2.49. The van der Waals surface area contributed by atoms with E-state index in [1.807, 2.05) is 36.1 Å². The number of hydrogen-bond acceptors (Lipinski definition) is 5. The number of ether oxygens (including phenoxy) is 2. The average molecular weight is 446 g/mol. The molecule has 0 N–H and O–H groups in total. The zero-order chi connectivity index (χ0) is 23.2. The zero-order valence-electron chi connectivity index (χ0n) is 19.6. The second-order valence-corrected chi connectivity index (χ2v) is 8.24. The Bertz CT molecular complexity index is 1090. The summed E-state index contributed by atoms with van der Waals surface area (Å²) >= 11 is 0. The van der Waals surface area contributed by atoms with Gasteiger partial charge in [0.25, 0.3) is 5.91 Å². The molecule has 1 aliphatic heterocycles. The highest BCUT2D eigenvalue weighted by Crippen LogP contribution is 2.30. The lowest BCUT2D eigenvalue weighted by Gasteiger charge is -2.37. The summed E-state index contributed by atoms with van der Waals surface area (Å²) in [7, 11) is 0. The number of pyridine rings is 1. The van der Waals surface area contributed by atoms with Gasteiger partial charge < -0.3 is 19.3 Å². The molecule has 0 atom stereocenters. The van der Waals surface area contributed by atoms with Gasteiger partial charge in [-0.2, -0.15) is 0 Å². The molecule has 0 bridgehead atoms. The summed E-state index contributed by atoms with van der Waals surface area (Å²) < 4.78 is 11.7. The molecular weight excluding hydrogens is 414 g/mol. The highest BCUT2D eigenvalue weighted by Gasteiger charge is 2.24. The first-order chi connectivity index (χ1) is 16.1. The molecule has 2 heterocycles. The van der Waals surface area contributed by atoms with Crippen LogP contribution in [-0.4, -0.2) is 48.6 Å². The SMILES string of the molecule is CCOc1cc(C(=O)N2CCN(c3cccc(C)c3C)CC2)ccc1OCc1ccncc1. The first kappa shape index (κ1) is 22.6. The number of amides is 1. The summed E-state index contributed by atoms with van der Waals surface area (Å²) in [5.41, 5.74) is 5.50. The zero-order valence-corrected chi connectivity index (χ0v) is 19.6. The van der Waals surface area contributed by atoms with Gasteiger partial charge in [0.1, 0.15) is 6.61 Å². The molecular formula is C27H31N3O3. The van der Waals surface area contributed by atoms with Crippen molar-refractivity contribution in [2.45, 2.75) is 27.4 Å². The molecule has 1 aromatic heterocycles. The second-order valence-electron chi connectivity index (χ2n) is 8.24. The van der Waals surface area contributed by atoms with Crippen LogP contribution >= 0.6 is 0 Å². The van der Waals surface area contributed by atoms with Gasteiger partial charge in [-0.15, -0.1) is 0 Å². The Morgan fingerprint density at radius 1 is 0.939 bits per heavy atom. The van der Waals surface area contributed by atoms with Gasteiger partial charge in [0.15, 0.2) is 11.5 Å². The molecule has 33 heavy (non-hydrogen) atoms. The maximum atomic E-state index is 13.2. The van der Waals surface area contributed by atoms with Crippen LogP contribution in [0.2, 0.25) is 0 Å². The lowest BCUT2D eigenvalue weighted by molar-refractivity contribution is 0.0746. The van der Waals surface area contributed by atoms with Crippen molar-refractivity contribution in [2.24, 2.45) is 0 Å². The van der Waals surface area contributed by atoms with E-state index in [0.29, 0.717) is 43.4 Å². The van der Waals surface area contributed by atoms with E-state index in [9.17, 15) is 4.79 Å². The Morgan fingerprint density at radius 3 is 2.42 bits per heavy atom. The quantitative estimate of drug-likeness (QED) is 0.530. The van der Waals surface area contributed by atoms with Crippen LogP contribution < -0.4 is 14.4 Å². The number of aryl methyl sites for hydroxylation is 1. The molecule has 1 saturated heterocycles. The molecule has 172 valence electrons. The normalized spacial score (nSPS) is 13.7. The topological polar surface area (TPSA) is 54.9 Å². The van der Waals surface area contributed by atoms with Crippen LogP contribution in [0.15, 0.2) is 60.9 Å². The molecule has 6 heteroatoms. The van der Waals surface area contributed by atoms with E-state index in [2.05, 4.69) is 41.9 Å². The summed E-state index contributed by atoms with van der Waals surface area (Å²) in [6, 6.07) is 15.7. The van der Waals surface area contributed by atoms with Crippen LogP contribution in [0.4, 0.5) is 5.69 Å². The van der Waals surface area contributed by atoms with Gasteiger partial charge >= 0.3 is 0 Å². The second kappa shape index (κ2) is 10.4. The monoisotopic (exact) mass is 445 g/mol. The number of piperazine rings is 1. The van der Waals surface area contributed by atoms with Crippen molar-refractivity contribution in [3.63, 3.8) is 0 Å². The number of rotatable bonds is 7. The van der Waals surface area contributed by atoms with Crippen LogP contribution in [0.3, 0.4) is 0 Å². The van der Waals surface area contributed by atoms with Gasteiger partial charge in [0, 0.05) is 49.8 Å². The molecule has 0 saturated carbocycles. The van der Waals surface area contributed by atoms with Crippen LogP contribution in [0.25, 0.3) is 0 Å². The molecule has 3 aromatic rings. The average Bonchev–Trinajstić information content (AvgIpc) is 2.85. The predicted molar refractivity (Wildman–Crippen MR) is 130 cm³/mol. The summed E-state index contributed by atoms with van der Waals surface area (Å²) in [5.74, 6) is 1.24. The van der Waals surface area contributed by atoms with Crippen molar-refractivity contribution in [2.75, 3.05) is 37.7 Å². The van der Waals surface area contributed by atoms with Crippen LogP contribution in [-0.2, 0) is 6.61 Å². The van der Waals surface area contributed by atoms with E-state index in [0.717, 1.165) is 18.7 Å². The molecule has 2 aromatic carbocycles. The Kier molecular flexibility index (Phi) is 7.13. The fourth-order valence-corrected chi connectivity index (χ4v) is 4.08. The molecule has 0 spiro atoms. The van der Waals surface area contributed by atoms with Gasteiger partial charge in [0.2, 0.25) is 0 Å². The number of hydrogen-bond donors (Lipinski definition) is 0. The van der Waals surface area contributed by atoms with Crippen molar-refractivity contribution in [1.82, 2.24) is 9.88 Å². The highest BCUT2D eigenvalue weighted by molar-refractivity contribution is 5.95. The molecule has 0 unspecified atom stereocenters. The van der Waals surface area contributed by atoms with E-state index >= 15 is 0 Å². The minimum Gasteiger partial charge on any atom is -0.490 e. The van der Waals surface area contributed by atoms with E-state index < -0.39 is 0 Å². The van der Waals surface area contributed by atoms with E-state index in [-0.39, 0.29) is 5.91 Å². The Morgan fingerprint density at radius 2 is 1.70 bits per heavy atom. The maximum Gasteiger partial charge on any atom is 0.254 e. The fourth-order valence-electron chi connectivity index (χ4n) is 4.08. The molecule has 4 rings (SSSR count). The Hall–Kier alpha value is -3.54. The third kappa shape index (κ3) is 5.28. The third-order valence-corrected chi connectivity index (χ3v) is 6.12. The third-order valence-electron chi connectivity index (χ3n) is 6.12. The minimum atomic E-state index is 0.0252. The molecule has 0 radical (unpaired) electrons. The van der Waals surface area contributed by atoms with E-state index in [1.54, 1.807) is 18.5 Å². The number of nitrogens with zero attached hydrogens (tertiary/aromatic N) is 3. The number of carbonyl (C=O) groups excluding carboxylic acids is 1. The number of benzene rings is 2. The van der Waals surface area contributed by atoms with E-state index in [4.69, 9.17) is 9.47 Å². The smallest absolute Gasteiger partial charge is 0.254 e. The van der Waals surface area contributed by atoms with Gasteiger partial charge in [-0.1, -0.05) is 12.1 Å². The molecule has 0 aliphatic carbocycles. The summed E-state index contributed by atoms with van der Waals surface area (Å²) in [6.07, 6.45) is 3.48. The standard InChI is InChI=1S/C27H31N3O3/c1-4-32-26-18-23(8-9-25(26)33-19-22-10-12-28-13-11-22)27(31)30-16-14-29(15-17-30)24-7-5-6-20(2)21(24)3/h5-13,18H,4,14-17,19H2,1-3H3. The fraction of sp³-hybridized carbons (Fsp3) is 0.333. The largest absolute Gasteiger partial charge is 0.490 e. The summed E-state index contributed by atoms with van der Waals surface area (Å²) in [5, 5.41) is 0. The van der Waals surface area contributed by atoms with Gasteiger partial charge in [-0.25, -0.2) is 0 Å². The number of carbonyl (C=O) groups is 1. The minimum absolute atomic E-state index is 0.0252. The van der Waals surface area contributed by atoms with Crippen molar-refractivity contribution < 1.29 is 14.3 Å². The van der Waals surface area contributed by atoms with Crippen LogP contribution in [0.1, 0.15) is 34.0 Å². The van der Waals surface area contributed by atoms with Crippen LogP contribution in [0.5, 0.6) is 11.5 Å². The molecule has 1 amide bonds. The Balaban J connectivity index is 1.42. The highest BCUT2D eigenvalue weighted by atomic mass is 16.5. The van der Waals surface area contributed by atoms with Gasteiger partial charge in [-0.3, -0.25) is 9.78 Å². The lowest BCUT2D eigenvalue weighted by atomic mass is 10.1. The summed E-state index contributed by atoms with van der Waals surface area (Å²) in [4.78, 5) is 21.5. The van der Waals surface area contributed by atoms with Gasteiger partial charge in [0.05, 0.1) is 6.61 Å². The van der Waals surface area contributed by atoms with Crippen molar-refractivity contribution in [1.29, 1.82) is 0 Å². The molecule has 1 aliphatic rings. The van der Waals surface area contributed by atoms with Crippen molar-refractivity contribution in [3.05, 3.63) is 83.2 Å². The van der Waals surface area contributed by atoms with Crippen molar-refractivity contribution in [3.8, 4) is 11.5 Å². The molecule has 6 nitrogen and oxygen atoms in total. The number of anilines is 1. The van der Waals surface area contributed by atoms with Gasteiger partial charge in [-0.05, 0) is 73.9 Å². The molecule has 1 fully saturated rings. The first-order valence-electron chi connectivity index (χ1n) is 11.5. The summed E-state index contributed by atoms with van der Waals surface area (Å²) in [6.45, 7) is 10.2.